The molecule has 39 heavy (non-hydrogen) atoms. The summed E-state index contributed by atoms with van der Waals surface area (Å²) in [5, 5.41) is 0. The van der Waals surface area contributed by atoms with Gasteiger partial charge < -0.3 is 23.7 Å². The summed E-state index contributed by atoms with van der Waals surface area (Å²) in [6.07, 6.45) is 6.77. The predicted octanol–water partition coefficient (Wildman–Crippen LogP) is 3.76. The number of esters is 1. The smallest absolute Gasteiger partial charge is 0.310 e. The third-order valence-corrected chi connectivity index (χ3v) is 10.4. The van der Waals surface area contributed by atoms with Crippen molar-refractivity contribution in [1.29, 1.82) is 0 Å². The number of carbonyl (C=O) groups excluding carboxylic acids is 1. The van der Waals surface area contributed by atoms with E-state index in [0.717, 1.165) is 95.4 Å². The van der Waals surface area contributed by atoms with Crippen molar-refractivity contribution in [1.82, 2.24) is 9.80 Å². The average molecular weight is 543 g/mol. The molecule has 2 aliphatic carbocycles. The van der Waals surface area contributed by atoms with Crippen molar-refractivity contribution >= 4 is 5.97 Å². The lowest BCUT2D eigenvalue weighted by molar-refractivity contribution is -0.147. The van der Waals surface area contributed by atoms with Crippen LogP contribution >= 0.6 is 0 Å². The number of hydrogen-bond acceptors (Lipinski definition) is 8. The molecule has 0 aromatic heterocycles. The van der Waals surface area contributed by atoms with Gasteiger partial charge in [-0.15, -0.1) is 0 Å². The van der Waals surface area contributed by atoms with Crippen molar-refractivity contribution in [2.75, 3.05) is 66.8 Å². The summed E-state index contributed by atoms with van der Waals surface area (Å²) >= 11 is 0. The monoisotopic (exact) mass is 542 g/mol. The fourth-order valence-electron chi connectivity index (χ4n) is 8.26. The molecule has 5 aliphatic rings. The highest BCUT2D eigenvalue weighted by Crippen LogP contribution is 2.62. The lowest BCUT2D eigenvalue weighted by Crippen LogP contribution is -2.51. The van der Waals surface area contributed by atoms with E-state index in [2.05, 4.69) is 28.9 Å². The Kier molecular flexibility index (Phi) is 7.83. The van der Waals surface area contributed by atoms with E-state index in [0.29, 0.717) is 5.92 Å². The van der Waals surface area contributed by atoms with E-state index in [9.17, 15) is 4.79 Å². The van der Waals surface area contributed by atoms with Crippen LogP contribution in [-0.4, -0.2) is 94.2 Å². The summed E-state index contributed by atoms with van der Waals surface area (Å²) in [6.45, 7) is 10.4. The van der Waals surface area contributed by atoms with Crippen molar-refractivity contribution < 1.29 is 28.5 Å². The Hall–Kier alpha value is -1.87. The van der Waals surface area contributed by atoms with Gasteiger partial charge in [0.15, 0.2) is 11.5 Å². The summed E-state index contributed by atoms with van der Waals surface area (Å²) in [5.74, 6) is 2.21. The van der Waals surface area contributed by atoms with Gasteiger partial charge in [0.2, 0.25) is 0 Å². The van der Waals surface area contributed by atoms with Gasteiger partial charge in [-0.3, -0.25) is 14.6 Å². The van der Waals surface area contributed by atoms with E-state index in [-0.39, 0.29) is 34.9 Å². The molecule has 216 valence electrons. The number of morpholine rings is 1. The molecule has 8 nitrogen and oxygen atoms in total. The lowest BCUT2D eigenvalue weighted by atomic mass is 9.53. The number of epoxide rings is 1. The van der Waals surface area contributed by atoms with Crippen LogP contribution in [0, 0.1) is 23.2 Å². The highest BCUT2D eigenvalue weighted by Gasteiger charge is 2.65. The molecule has 8 heteroatoms. The zero-order valence-electron chi connectivity index (χ0n) is 24.0. The molecule has 1 aromatic rings. The number of benzene rings is 1. The molecule has 1 aromatic carbocycles. The van der Waals surface area contributed by atoms with Crippen LogP contribution in [0.1, 0.15) is 51.0 Å². The van der Waals surface area contributed by atoms with Gasteiger partial charge in [-0.05, 0) is 80.6 Å². The first-order valence-electron chi connectivity index (χ1n) is 15.0. The number of fused-ring (bicyclic) bond motifs is 3. The number of nitrogens with zero attached hydrogens (tertiary/aromatic N) is 2. The maximum absolute atomic E-state index is 13.4. The number of carbonyl (C=O) groups is 1. The Morgan fingerprint density at radius 2 is 1.92 bits per heavy atom. The van der Waals surface area contributed by atoms with Gasteiger partial charge in [0.05, 0.1) is 45.6 Å². The Balaban J connectivity index is 1.17. The summed E-state index contributed by atoms with van der Waals surface area (Å²) in [5.41, 5.74) is 1.46. The largest absolute Gasteiger partial charge is 0.493 e. The van der Waals surface area contributed by atoms with Gasteiger partial charge >= 0.3 is 5.97 Å². The minimum atomic E-state index is -0.0826. The van der Waals surface area contributed by atoms with Gasteiger partial charge in [-0.2, -0.15) is 0 Å². The van der Waals surface area contributed by atoms with Crippen LogP contribution in [0.25, 0.3) is 0 Å². The van der Waals surface area contributed by atoms with Crippen molar-refractivity contribution in [2.24, 2.45) is 23.2 Å². The molecule has 2 saturated carbocycles. The quantitative estimate of drug-likeness (QED) is 0.327. The van der Waals surface area contributed by atoms with Crippen LogP contribution in [0.5, 0.6) is 11.5 Å². The standard InChI is InChI=1S/C31H46N2O6/c1-30-8-4-9-31(21-38-31)28(30)17-23-24(29(34)39-27(23)18-30)20-33(11-5-10-32-12-14-37-15-13-32)19-22-6-7-25(35-2)26(16-22)36-3/h6-7,16,23-24,27-28H,4-5,8-15,17-21H2,1-3H3/t23-,24+,27-,28-,30-,31+/m1/s1. The summed E-state index contributed by atoms with van der Waals surface area (Å²) < 4.78 is 28.8. The molecular weight excluding hydrogens is 496 g/mol. The van der Waals surface area contributed by atoms with E-state index in [1.165, 1.54) is 19.3 Å². The zero-order chi connectivity index (χ0) is 27.0. The number of methoxy groups -OCH3 is 2. The van der Waals surface area contributed by atoms with Crippen LogP contribution in [-0.2, 0) is 25.5 Å². The van der Waals surface area contributed by atoms with E-state index >= 15 is 0 Å². The molecule has 0 amide bonds. The molecule has 1 spiro atoms. The molecule has 0 bridgehead atoms. The molecule has 5 fully saturated rings. The first-order valence-corrected chi connectivity index (χ1v) is 15.0. The van der Waals surface area contributed by atoms with E-state index in [4.69, 9.17) is 23.7 Å². The van der Waals surface area contributed by atoms with Crippen LogP contribution < -0.4 is 9.47 Å². The van der Waals surface area contributed by atoms with Gasteiger partial charge in [-0.25, -0.2) is 0 Å². The molecule has 3 aliphatic heterocycles. The van der Waals surface area contributed by atoms with Crippen LogP contribution in [0.2, 0.25) is 0 Å². The minimum absolute atomic E-state index is 0.00324. The van der Waals surface area contributed by atoms with Crippen molar-refractivity contribution in [3.05, 3.63) is 23.8 Å². The van der Waals surface area contributed by atoms with Crippen molar-refractivity contribution in [3.8, 4) is 11.5 Å². The molecule has 6 rings (SSSR count). The first kappa shape index (κ1) is 27.3. The topological polar surface area (TPSA) is 73.0 Å². The molecule has 3 heterocycles. The van der Waals surface area contributed by atoms with Gasteiger partial charge in [0.25, 0.3) is 0 Å². The molecule has 0 unspecified atom stereocenters. The normalized spacial score (nSPS) is 35.9. The third-order valence-electron chi connectivity index (χ3n) is 10.4. The fourth-order valence-corrected chi connectivity index (χ4v) is 8.26. The molecule has 0 N–H and O–H groups in total. The SMILES string of the molecule is COc1ccc(CN(CCCN2CCOCC2)C[C@@H]2C(=O)O[C@@H]3C[C@@]4(C)CCC[C@]5(CO5)[C@@H]4C[C@H]23)cc1OC. The first-order chi connectivity index (χ1) is 18.9. The summed E-state index contributed by atoms with van der Waals surface area (Å²) in [7, 11) is 3.34. The second kappa shape index (κ2) is 11.2. The second-order valence-corrected chi connectivity index (χ2v) is 12.8. The number of ether oxygens (including phenoxy) is 5. The average Bonchev–Trinajstić information content (AvgIpc) is 3.64. The molecule has 6 atom stereocenters. The Morgan fingerprint density at radius 1 is 1.13 bits per heavy atom. The third kappa shape index (κ3) is 5.54. The van der Waals surface area contributed by atoms with Crippen molar-refractivity contribution in [2.45, 2.75) is 63.7 Å². The van der Waals surface area contributed by atoms with Gasteiger partial charge in [0.1, 0.15) is 6.10 Å². The summed E-state index contributed by atoms with van der Waals surface area (Å²) in [6, 6.07) is 6.14. The molecular formula is C31H46N2O6. The maximum Gasteiger partial charge on any atom is 0.310 e. The van der Waals surface area contributed by atoms with Crippen LogP contribution in [0.3, 0.4) is 0 Å². The second-order valence-electron chi connectivity index (χ2n) is 12.8. The van der Waals surface area contributed by atoms with Gasteiger partial charge in [0, 0.05) is 32.1 Å². The highest BCUT2D eigenvalue weighted by atomic mass is 16.6. The summed E-state index contributed by atoms with van der Waals surface area (Å²) in [4.78, 5) is 18.3. The fraction of sp³-hybridized carbons (Fsp3) is 0.774. The van der Waals surface area contributed by atoms with Crippen LogP contribution in [0.4, 0.5) is 0 Å². The van der Waals surface area contributed by atoms with E-state index in [1.54, 1.807) is 14.2 Å². The maximum atomic E-state index is 13.4. The van der Waals surface area contributed by atoms with Gasteiger partial charge in [-0.1, -0.05) is 13.0 Å². The zero-order valence-corrected chi connectivity index (χ0v) is 24.0. The molecule has 3 saturated heterocycles. The van der Waals surface area contributed by atoms with Crippen molar-refractivity contribution in [3.63, 3.8) is 0 Å². The Labute approximate surface area is 233 Å². The minimum Gasteiger partial charge on any atom is -0.493 e. The predicted molar refractivity (Wildman–Crippen MR) is 147 cm³/mol. The van der Waals surface area contributed by atoms with Crippen LogP contribution in [0.15, 0.2) is 18.2 Å². The number of rotatable bonds is 10. The Bertz CT molecular complexity index is 1020. The lowest BCUT2D eigenvalue weighted by Gasteiger charge is -2.51. The highest BCUT2D eigenvalue weighted by molar-refractivity contribution is 5.75. The van der Waals surface area contributed by atoms with E-state index in [1.807, 2.05) is 6.07 Å². The number of hydrogen-bond donors (Lipinski definition) is 0. The Morgan fingerprint density at radius 3 is 2.67 bits per heavy atom. The molecule has 0 radical (unpaired) electrons. The van der Waals surface area contributed by atoms with E-state index < -0.39 is 0 Å².